The Kier molecular flexibility index (Phi) is 6.38. The second-order valence-electron chi connectivity index (χ2n) is 2.76. The molecule has 0 saturated carbocycles. The first-order valence-corrected chi connectivity index (χ1v) is 4.24. The molecular formula is C9H16O3. The zero-order valence-corrected chi connectivity index (χ0v) is 7.67. The lowest BCUT2D eigenvalue weighted by molar-refractivity contribution is -0.229. The molecular weight excluding hydrogens is 156 g/mol. The van der Waals surface area contributed by atoms with Crippen molar-refractivity contribution in [2.45, 2.75) is 39.5 Å². The molecule has 0 aromatic carbocycles. The summed E-state index contributed by atoms with van der Waals surface area (Å²) in [6.07, 6.45) is 6.06. The summed E-state index contributed by atoms with van der Waals surface area (Å²) in [5, 5.41) is 8.02. The zero-order valence-electron chi connectivity index (χ0n) is 7.67. The van der Waals surface area contributed by atoms with E-state index in [-0.39, 0.29) is 0 Å². The van der Waals surface area contributed by atoms with Crippen molar-refractivity contribution < 1.29 is 14.9 Å². The third-order valence-electron chi connectivity index (χ3n) is 1.66. The molecule has 0 fully saturated rings. The van der Waals surface area contributed by atoms with Crippen LogP contribution in [0, 0.1) is 0 Å². The number of carbonyl (C=O) groups excluding carboxylic acids is 1. The highest BCUT2D eigenvalue weighted by atomic mass is 17.1. The third kappa shape index (κ3) is 4.91. The SMILES string of the molecule is CCCCCC=C(C)C(=O)OO. The molecule has 0 rings (SSSR count). The van der Waals surface area contributed by atoms with Gasteiger partial charge in [-0.1, -0.05) is 25.8 Å². The van der Waals surface area contributed by atoms with Crippen LogP contribution in [-0.2, 0) is 9.68 Å². The van der Waals surface area contributed by atoms with Crippen LogP contribution in [0.15, 0.2) is 11.6 Å². The number of rotatable bonds is 5. The van der Waals surface area contributed by atoms with Crippen molar-refractivity contribution >= 4 is 5.97 Å². The molecule has 0 aromatic rings. The van der Waals surface area contributed by atoms with E-state index in [4.69, 9.17) is 5.26 Å². The Balaban J connectivity index is 3.61. The van der Waals surface area contributed by atoms with Gasteiger partial charge in [0.25, 0.3) is 0 Å². The molecule has 1 N–H and O–H groups in total. The van der Waals surface area contributed by atoms with Crippen LogP contribution in [0.4, 0.5) is 0 Å². The minimum atomic E-state index is -0.661. The summed E-state index contributed by atoms with van der Waals surface area (Å²) in [7, 11) is 0. The van der Waals surface area contributed by atoms with E-state index in [2.05, 4.69) is 11.8 Å². The summed E-state index contributed by atoms with van der Waals surface area (Å²) in [5.41, 5.74) is 0.466. The Morgan fingerprint density at radius 1 is 1.50 bits per heavy atom. The molecule has 0 spiro atoms. The topological polar surface area (TPSA) is 46.5 Å². The number of unbranched alkanes of at least 4 members (excludes halogenated alkanes) is 3. The van der Waals surface area contributed by atoms with Crippen LogP contribution in [0.1, 0.15) is 39.5 Å². The molecule has 0 saturated heterocycles. The van der Waals surface area contributed by atoms with Gasteiger partial charge in [0.15, 0.2) is 0 Å². The van der Waals surface area contributed by atoms with Crippen LogP contribution in [0.3, 0.4) is 0 Å². The van der Waals surface area contributed by atoms with Gasteiger partial charge in [-0.2, -0.15) is 5.26 Å². The lowest BCUT2D eigenvalue weighted by Gasteiger charge is -1.96. The van der Waals surface area contributed by atoms with Crippen molar-refractivity contribution in [3.8, 4) is 0 Å². The monoisotopic (exact) mass is 172 g/mol. The van der Waals surface area contributed by atoms with Crippen LogP contribution >= 0.6 is 0 Å². The molecule has 0 aliphatic rings. The highest BCUT2D eigenvalue weighted by Gasteiger charge is 2.02. The molecule has 0 aliphatic heterocycles. The smallest absolute Gasteiger partial charge is 0.296 e. The average Bonchev–Trinajstić information content (AvgIpc) is 2.10. The van der Waals surface area contributed by atoms with Crippen LogP contribution in [0.5, 0.6) is 0 Å². The predicted octanol–water partition coefficient (Wildman–Crippen LogP) is 2.53. The van der Waals surface area contributed by atoms with E-state index in [1.54, 1.807) is 13.0 Å². The van der Waals surface area contributed by atoms with Crippen LogP contribution in [0.2, 0.25) is 0 Å². The number of carbonyl (C=O) groups is 1. The molecule has 0 unspecified atom stereocenters. The van der Waals surface area contributed by atoms with Crippen molar-refractivity contribution in [3.05, 3.63) is 11.6 Å². The average molecular weight is 172 g/mol. The van der Waals surface area contributed by atoms with Crippen molar-refractivity contribution in [2.24, 2.45) is 0 Å². The molecule has 0 atom stereocenters. The van der Waals surface area contributed by atoms with Gasteiger partial charge in [0, 0.05) is 5.57 Å². The largest absolute Gasteiger partial charge is 0.368 e. The van der Waals surface area contributed by atoms with Gasteiger partial charge in [0.05, 0.1) is 0 Å². The molecule has 0 heterocycles. The van der Waals surface area contributed by atoms with Gasteiger partial charge in [-0.15, -0.1) is 0 Å². The minimum absolute atomic E-state index is 0.466. The second kappa shape index (κ2) is 6.85. The summed E-state index contributed by atoms with van der Waals surface area (Å²) >= 11 is 0. The zero-order chi connectivity index (χ0) is 9.40. The quantitative estimate of drug-likeness (QED) is 0.300. The Morgan fingerprint density at radius 2 is 2.17 bits per heavy atom. The summed E-state index contributed by atoms with van der Waals surface area (Å²) < 4.78 is 0. The number of hydrogen-bond acceptors (Lipinski definition) is 3. The number of hydrogen-bond donors (Lipinski definition) is 1. The maximum absolute atomic E-state index is 10.6. The van der Waals surface area contributed by atoms with Crippen LogP contribution in [0.25, 0.3) is 0 Å². The third-order valence-corrected chi connectivity index (χ3v) is 1.66. The van der Waals surface area contributed by atoms with Crippen molar-refractivity contribution in [1.29, 1.82) is 0 Å². The Bertz CT molecular complexity index is 161. The fraction of sp³-hybridized carbons (Fsp3) is 0.667. The first kappa shape index (κ1) is 11.2. The van der Waals surface area contributed by atoms with Crippen LogP contribution in [-0.4, -0.2) is 11.2 Å². The van der Waals surface area contributed by atoms with Gasteiger partial charge in [-0.05, 0) is 19.8 Å². The van der Waals surface area contributed by atoms with E-state index < -0.39 is 5.97 Å². The number of allylic oxidation sites excluding steroid dienone is 1. The Labute approximate surface area is 73.0 Å². The first-order chi connectivity index (χ1) is 5.72. The standard InChI is InChI=1S/C9H16O3/c1-3-4-5-6-7-8(2)9(10)12-11/h7,11H,3-6H2,1-2H3. The normalized spacial score (nSPS) is 11.4. The Morgan fingerprint density at radius 3 is 2.67 bits per heavy atom. The molecule has 0 amide bonds. The molecule has 70 valence electrons. The van der Waals surface area contributed by atoms with Crippen molar-refractivity contribution in [3.63, 3.8) is 0 Å². The second-order valence-corrected chi connectivity index (χ2v) is 2.76. The molecule has 12 heavy (non-hydrogen) atoms. The van der Waals surface area contributed by atoms with Gasteiger partial charge >= 0.3 is 5.97 Å². The molecule has 0 aliphatic carbocycles. The van der Waals surface area contributed by atoms with E-state index in [0.717, 1.165) is 25.7 Å². The predicted molar refractivity (Wildman–Crippen MR) is 46.6 cm³/mol. The molecule has 3 heteroatoms. The van der Waals surface area contributed by atoms with E-state index in [0.29, 0.717) is 5.57 Å². The molecule has 0 aromatic heterocycles. The van der Waals surface area contributed by atoms with Gasteiger partial charge in [-0.25, -0.2) is 4.79 Å². The van der Waals surface area contributed by atoms with E-state index in [1.165, 1.54) is 0 Å². The van der Waals surface area contributed by atoms with Gasteiger partial charge in [-0.3, -0.25) is 4.89 Å². The fourth-order valence-corrected chi connectivity index (χ4v) is 0.868. The van der Waals surface area contributed by atoms with E-state index in [9.17, 15) is 4.79 Å². The van der Waals surface area contributed by atoms with Gasteiger partial charge in [0.2, 0.25) is 0 Å². The van der Waals surface area contributed by atoms with E-state index >= 15 is 0 Å². The lowest BCUT2D eigenvalue weighted by Crippen LogP contribution is -2.01. The maximum Gasteiger partial charge on any atom is 0.368 e. The van der Waals surface area contributed by atoms with Gasteiger partial charge in [0.1, 0.15) is 0 Å². The highest BCUT2D eigenvalue weighted by Crippen LogP contribution is 2.03. The first-order valence-electron chi connectivity index (χ1n) is 4.24. The lowest BCUT2D eigenvalue weighted by atomic mass is 10.1. The van der Waals surface area contributed by atoms with Crippen molar-refractivity contribution in [2.75, 3.05) is 0 Å². The fourth-order valence-electron chi connectivity index (χ4n) is 0.868. The van der Waals surface area contributed by atoms with Crippen molar-refractivity contribution in [1.82, 2.24) is 0 Å². The highest BCUT2D eigenvalue weighted by molar-refractivity contribution is 5.87. The summed E-state index contributed by atoms with van der Waals surface area (Å²) in [6, 6.07) is 0. The van der Waals surface area contributed by atoms with Gasteiger partial charge < -0.3 is 0 Å². The Hall–Kier alpha value is -0.830. The van der Waals surface area contributed by atoms with E-state index in [1.807, 2.05) is 0 Å². The molecule has 0 radical (unpaired) electrons. The summed E-state index contributed by atoms with van der Waals surface area (Å²) in [4.78, 5) is 14.2. The maximum atomic E-state index is 10.6. The van der Waals surface area contributed by atoms with Crippen LogP contribution < -0.4 is 0 Å². The minimum Gasteiger partial charge on any atom is -0.296 e. The summed E-state index contributed by atoms with van der Waals surface area (Å²) in [5.74, 6) is -0.661. The molecule has 3 nitrogen and oxygen atoms in total. The molecule has 0 bridgehead atoms. The summed E-state index contributed by atoms with van der Waals surface area (Å²) in [6.45, 7) is 3.75.